The molecule has 0 saturated carbocycles. The van der Waals surface area contributed by atoms with Gasteiger partial charge in [-0.1, -0.05) is 41.5 Å². The van der Waals surface area contributed by atoms with Crippen LogP contribution in [0.1, 0.15) is 61.8 Å². The van der Waals surface area contributed by atoms with Crippen LogP contribution in [0.3, 0.4) is 0 Å². The Balaban J connectivity index is 5.41. The zero-order valence-electron chi connectivity index (χ0n) is 15.6. The average molecular weight is 328 g/mol. The number of aliphatic carboxylic acids is 1. The van der Waals surface area contributed by atoms with E-state index in [0.29, 0.717) is 6.42 Å². The lowest BCUT2D eigenvalue weighted by Crippen LogP contribution is -2.66. The Labute approximate surface area is 139 Å². The largest absolute Gasteiger partial charge is 0.480 e. The predicted octanol–water partition coefficient (Wildman–Crippen LogP) is 2.18. The van der Waals surface area contributed by atoms with Crippen LogP contribution in [-0.4, -0.2) is 34.0 Å². The van der Waals surface area contributed by atoms with Crippen LogP contribution in [0.5, 0.6) is 0 Å². The maximum absolute atomic E-state index is 12.8. The van der Waals surface area contributed by atoms with Crippen molar-refractivity contribution in [3.05, 3.63) is 0 Å². The number of hydrogen-bond acceptors (Lipinski definition) is 3. The van der Waals surface area contributed by atoms with Gasteiger partial charge in [-0.3, -0.25) is 9.59 Å². The average Bonchev–Trinajstić information content (AvgIpc) is 2.36. The summed E-state index contributed by atoms with van der Waals surface area (Å²) in [5.74, 6) is -2.11. The van der Waals surface area contributed by atoms with E-state index in [0.717, 1.165) is 0 Å². The first kappa shape index (κ1) is 21.4. The molecule has 0 rings (SSSR count). The van der Waals surface area contributed by atoms with Crippen molar-refractivity contribution >= 4 is 17.8 Å². The minimum Gasteiger partial charge on any atom is -0.480 e. The summed E-state index contributed by atoms with van der Waals surface area (Å²) < 4.78 is 0. The van der Waals surface area contributed by atoms with Gasteiger partial charge in [-0.2, -0.15) is 0 Å². The third-order valence-corrected chi connectivity index (χ3v) is 4.59. The second-order valence-electron chi connectivity index (χ2n) is 7.62. The van der Waals surface area contributed by atoms with Gasteiger partial charge in [-0.25, -0.2) is 4.79 Å². The molecule has 0 aliphatic rings. The molecule has 0 saturated heterocycles. The zero-order valence-corrected chi connectivity index (χ0v) is 15.6. The lowest BCUT2D eigenvalue weighted by atomic mass is 9.83. The van der Waals surface area contributed by atoms with Crippen LogP contribution in [0.2, 0.25) is 0 Å². The normalized spacial score (nSPS) is 16.8. The van der Waals surface area contributed by atoms with Gasteiger partial charge in [-0.05, 0) is 31.6 Å². The van der Waals surface area contributed by atoms with Crippen molar-refractivity contribution < 1.29 is 19.5 Å². The van der Waals surface area contributed by atoms with Gasteiger partial charge in [0.15, 0.2) is 0 Å². The lowest BCUT2D eigenvalue weighted by molar-refractivity contribution is -0.150. The molecule has 2 amide bonds. The molecule has 6 heteroatoms. The van der Waals surface area contributed by atoms with Gasteiger partial charge in [-0.15, -0.1) is 0 Å². The minimum atomic E-state index is -1.39. The van der Waals surface area contributed by atoms with Crippen LogP contribution in [0.25, 0.3) is 0 Å². The molecular weight excluding hydrogens is 296 g/mol. The number of carbonyl (C=O) groups is 3. The number of amides is 2. The third-order valence-electron chi connectivity index (χ3n) is 4.59. The van der Waals surface area contributed by atoms with Gasteiger partial charge >= 0.3 is 5.97 Å². The fourth-order valence-electron chi connectivity index (χ4n) is 1.99. The number of hydrogen-bond donors (Lipinski definition) is 3. The quantitative estimate of drug-likeness (QED) is 0.636. The van der Waals surface area contributed by atoms with E-state index in [-0.39, 0.29) is 23.7 Å². The Morgan fingerprint density at radius 1 is 0.870 bits per heavy atom. The Hall–Kier alpha value is -1.59. The van der Waals surface area contributed by atoms with Crippen molar-refractivity contribution in [3.8, 4) is 0 Å². The zero-order chi connectivity index (χ0) is 18.6. The molecule has 0 bridgehead atoms. The van der Waals surface area contributed by atoms with E-state index in [1.54, 1.807) is 20.8 Å². The van der Waals surface area contributed by atoms with Crippen LogP contribution in [-0.2, 0) is 14.4 Å². The Kier molecular flexibility index (Phi) is 7.26. The highest BCUT2D eigenvalue weighted by Crippen LogP contribution is 2.22. The van der Waals surface area contributed by atoms with Gasteiger partial charge in [0.1, 0.15) is 11.1 Å². The van der Waals surface area contributed by atoms with Crippen LogP contribution in [0.15, 0.2) is 0 Å². The smallest absolute Gasteiger partial charge is 0.329 e. The van der Waals surface area contributed by atoms with Crippen molar-refractivity contribution in [3.63, 3.8) is 0 Å². The van der Waals surface area contributed by atoms with Gasteiger partial charge in [0.05, 0.1) is 0 Å². The number of carboxylic acids is 1. The van der Waals surface area contributed by atoms with E-state index in [4.69, 9.17) is 0 Å². The molecule has 0 aromatic heterocycles. The lowest BCUT2D eigenvalue weighted by Gasteiger charge is -2.38. The van der Waals surface area contributed by atoms with Gasteiger partial charge in [0.25, 0.3) is 0 Å². The van der Waals surface area contributed by atoms with Crippen molar-refractivity contribution in [2.75, 3.05) is 0 Å². The summed E-state index contributed by atoms with van der Waals surface area (Å²) in [5, 5.41) is 14.9. The Morgan fingerprint density at radius 2 is 1.30 bits per heavy atom. The SMILES string of the molecule is CC(C)CC(=O)N[C@](C)(C(=O)N[C@](C)(C(=O)O)C(C)C)C(C)C. The summed E-state index contributed by atoms with van der Waals surface area (Å²) in [5.41, 5.74) is -2.56. The second kappa shape index (κ2) is 7.79. The van der Waals surface area contributed by atoms with E-state index in [9.17, 15) is 19.5 Å². The molecule has 3 N–H and O–H groups in total. The molecule has 6 nitrogen and oxygen atoms in total. The van der Waals surface area contributed by atoms with Crippen LogP contribution in [0.4, 0.5) is 0 Å². The fourth-order valence-corrected chi connectivity index (χ4v) is 1.99. The van der Waals surface area contributed by atoms with Crippen LogP contribution in [0, 0.1) is 17.8 Å². The number of carbonyl (C=O) groups excluding carboxylic acids is 2. The molecule has 0 aromatic carbocycles. The summed E-state index contributed by atoms with van der Waals surface area (Å²) in [6.07, 6.45) is 0.315. The highest BCUT2D eigenvalue weighted by atomic mass is 16.4. The molecular formula is C17H32N2O4. The first-order valence-electron chi connectivity index (χ1n) is 8.14. The highest BCUT2D eigenvalue weighted by molar-refractivity contribution is 5.95. The summed E-state index contributed by atoms with van der Waals surface area (Å²) in [6.45, 7) is 14.1. The van der Waals surface area contributed by atoms with Crippen molar-refractivity contribution in [1.82, 2.24) is 10.6 Å². The molecule has 134 valence electrons. The first-order chi connectivity index (χ1) is 10.3. The molecule has 0 aliphatic carbocycles. The molecule has 2 atom stereocenters. The van der Waals surface area contributed by atoms with Crippen LogP contribution < -0.4 is 10.6 Å². The van der Waals surface area contributed by atoms with Crippen LogP contribution >= 0.6 is 0 Å². The van der Waals surface area contributed by atoms with E-state index in [1.165, 1.54) is 6.92 Å². The van der Waals surface area contributed by atoms with E-state index in [1.807, 2.05) is 27.7 Å². The summed E-state index contributed by atoms with van der Waals surface area (Å²) >= 11 is 0. The van der Waals surface area contributed by atoms with Crippen molar-refractivity contribution in [1.29, 1.82) is 0 Å². The van der Waals surface area contributed by atoms with E-state index >= 15 is 0 Å². The minimum absolute atomic E-state index is 0.175. The Bertz CT molecular complexity index is 460. The monoisotopic (exact) mass is 328 g/mol. The molecule has 0 aromatic rings. The number of carboxylic acid groups (broad SMARTS) is 1. The van der Waals surface area contributed by atoms with E-state index < -0.39 is 23.0 Å². The third kappa shape index (κ3) is 5.22. The topological polar surface area (TPSA) is 95.5 Å². The second-order valence-corrected chi connectivity index (χ2v) is 7.62. The molecule has 0 radical (unpaired) electrons. The maximum Gasteiger partial charge on any atom is 0.329 e. The summed E-state index contributed by atoms with van der Waals surface area (Å²) in [6, 6.07) is 0. The fraction of sp³-hybridized carbons (Fsp3) is 0.824. The Morgan fingerprint density at radius 3 is 1.61 bits per heavy atom. The molecule has 0 aliphatic heterocycles. The number of rotatable bonds is 8. The van der Waals surface area contributed by atoms with Crippen molar-refractivity contribution in [2.24, 2.45) is 17.8 Å². The molecule has 23 heavy (non-hydrogen) atoms. The molecule has 0 unspecified atom stereocenters. The number of nitrogens with one attached hydrogen (secondary N) is 2. The summed E-state index contributed by atoms with van der Waals surface area (Å²) in [7, 11) is 0. The molecule has 0 fully saturated rings. The van der Waals surface area contributed by atoms with Gasteiger partial charge < -0.3 is 15.7 Å². The van der Waals surface area contributed by atoms with E-state index in [2.05, 4.69) is 10.6 Å². The van der Waals surface area contributed by atoms with Gasteiger partial charge in [0, 0.05) is 6.42 Å². The predicted molar refractivity (Wildman–Crippen MR) is 89.9 cm³/mol. The first-order valence-corrected chi connectivity index (χ1v) is 8.14. The molecule has 0 heterocycles. The van der Waals surface area contributed by atoms with Crippen molar-refractivity contribution in [2.45, 2.75) is 72.9 Å². The standard InChI is InChI=1S/C17H32N2O4/c1-10(2)9-13(20)18-16(7,11(3)4)14(21)19-17(8,12(5)6)15(22)23/h10-12H,9H2,1-8H3,(H,18,20)(H,19,21)(H,22,23)/t16-,17-/m0/s1. The maximum atomic E-state index is 12.8. The highest BCUT2D eigenvalue weighted by Gasteiger charge is 2.45. The molecule has 0 spiro atoms. The van der Waals surface area contributed by atoms with Gasteiger partial charge in [0.2, 0.25) is 11.8 Å². The summed E-state index contributed by atoms with van der Waals surface area (Å²) in [4.78, 5) is 36.4.